The highest BCUT2D eigenvalue weighted by Crippen LogP contribution is 2.27. The van der Waals surface area contributed by atoms with E-state index < -0.39 is 0 Å². The van der Waals surface area contributed by atoms with Gasteiger partial charge in [0.1, 0.15) is 12.4 Å². The summed E-state index contributed by atoms with van der Waals surface area (Å²) >= 11 is 0. The van der Waals surface area contributed by atoms with Gasteiger partial charge in [0.25, 0.3) is 0 Å². The van der Waals surface area contributed by atoms with Crippen LogP contribution in [0.25, 0.3) is 22.1 Å². The third-order valence-electron chi connectivity index (χ3n) is 4.05. The second-order valence-electron chi connectivity index (χ2n) is 6.19. The van der Waals surface area contributed by atoms with Crippen molar-refractivity contribution in [2.45, 2.75) is 20.0 Å². The zero-order valence-corrected chi connectivity index (χ0v) is 15.5. The Labute approximate surface area is 159 Å². The summed E-state index contributed by atoms with van der Waals surface area (Å²) in [4.78, 5) is 0. The highest BCUT2D eigenvalue weighted by molar-refractivity contribution is 5.83. The number of benzene rings is 3. The van der Waals surface area contributed by atoms with Crippen molar-refractivity contribution in [3.8, 4) is 16.9 Å². The summed E-state index contributed by atoms with van der Waals surface area (Å²) in [6, 6.07) is 28.0. The highest BCUT2D eigenvalue weighted by atomic mass is 16.5. The third kappa shape index (κ3) is 5.22. The predicted octanol–water partition coefficient (Wildman–Crippen LogP) is 6.42. The number of ether oxygens (including phenoxy) is 1. The van der Waals surface area contributed by atoms with Crippen LogP contribution in [-0.4, -0.2) is 11.7 Å². The third-order valence-corrected chi connectivity index (χ3v) is 4.05. The van der Waals surface area contributed by atoms with Gasteiger partial charge in [-0.15, -0.1) is 0 Å². The van der Waals surface area contributed by atoms with Crippen LogP contribution < -0.4 is 0 Å². The van der Waals surface area contributed by atoms with E-state index in [1.165, 1.54) is 11.1 Å². The van der Waals surface area contributed by atoms with E-state index in [9.17, 15) is 5.11 Å². The highest BCUT2D eigenvalue weighted by Gasteiger charge is 2.06. The first-order valence-electron chi connectivity index (χ1n) is 9.16. The SMILES string of the molecule is CCCOCc1cc2cccc(O)c2o1.c1ccc(-c2ccccc2)cc1. The molecule has 3 aromatic carbocycles. The van der Waals surface area contributed by atoms with Crippen LogP contribution in [0.1, 0.15) is 19.1 Å². The van der Waals surface area contributed by atoms with Crippen LogP contribution in [0.4, 0.5) is 0 Å². The lowest BCUT2D eigenvalue weighted by Crippen LogP contribution is -1.91. The number of furan rings is 1. The van der Waals surface area contributed by atoms with Gasteiger partial charge in [0.2, 0.25) is 0 Å². The average Bonchev–Trinajstić information content (AvgIpc) is 3.15. The van der Waals surface area contributed by atoms with Crippen molar-refractivity contribution in [2.24, 2.45) is 0 Å². The molecule has 4 rings (SSSR count). The van der Waals surface area contributed by atoms with E-state index in [2.05, 4.69) is 55.5 Å². The van der Waals surface area contributed by atoms with Gasteiger partial charge < -0.3 is 14.3 Å². The topological polar surface area (TPSA) is 42.6 Å². The molecule has 3 nitrogen and oxygen atoms in total. The lowest BCUT2D eigenvalue weighted by molar-refractivity contribution is 0.108. The lowest BCUT2D eigenvalue weighted by Gasteiger charge is -1.98. The van der Waals surface area contributed by atoms with E-state index >= 15 is 0 Å². The molecule has 0 aliphatic carbocycles. The molecule has 0 atom stereocenters. The van der Waals surface area contributed by atoms with Crippen molar-refractivity contribution < 1.29 is 14.3 Å². The number of aromatic hydroxyl groups is 1. The molecule has 0 aliphatic rings. The second-order valence-corrected chi connectivity index (χ2v) is 6.19. The molecule has 1 heterocycles. The molecule has 0 amide bonds. The van der Waals surface area contributed by atoms with Crippen molar-refractivity contribution in [1.29, 1.82) is 0 Å². The smallest absolute Gasteiger partial charge is 0.175 e. The van der Waals surface area contributed by atoms with E-state index in [1.54, 1.807) is 12.1 Å². The van der Waals surface area contributed by atoms with Crippen LogP contribution in [0.15, 0.2) is 89.3 Å². The van der Waals surface area contributed by atoms with Gasteiger partial charge in [0.05, 0.1) is 0 Å². The Kier molecular flexibility index (Phi) is 6.66. The Bertz CT molecular complexity index is 906. The molecule has 0 fully saturated rings. The van der Waals surface area contributed by atoms with E-state index in [0.29, 0.717) is 12.2 Å². The van der Waals surface area contributed by atoms with Crippen LogP contribution in [0.5, 0.6) is 5.75 Å². The molecule has 138 valence electrons. The van der Waals surface area contributed by atoms with Gasteiger partial charge in [-0.25, -0.2) is 0 Å². The summed E-state index contributed by atoms with van der Waals surface area (Å²) in [5.41, 5.74) is 3.09. The molecule has 0 unspecified atom stereocenters. The quantitative estimate of drug-likeness (QED) is 0.418. The monoisotopic (exact) mass is 360 g/mol. The molecule has 1 aromatic heterocycles. The zero-order valence-electron chi connectivity index (χ0n) is 15.5. The zero-order chi connectivity index (χ0) is 18.9. The number of phenols is 1. The number of hydrogen-bond acceptors (Lipinski definition) is 3. The lowest BCUT2D eigenvalue weighted by atomic mass is 10.1. The molecule has 0 saturated carbocycles. The molecule has 4 aromatic rings. The average molecular weight is 360 g/mol. The van der Waals surface area contributed by atoms with Gasteiger partial charge in [-0.1, -0.05) is 79.7 Å². The van der Waals surface area contributed by atoms with Crippen LogP contribution >= 0.6 is 0 Å². The first kappa shape index (κ1) is 18.7. The molecule has 0 bridgehead atoms. The van der Waals surface area contributed by atoms with Gasteiger partial charge in [-0.2, -0.15) is 0 Å². The molecular weight excluding hydrogens is 336 g/mol. The Morgan fingerprint density at radius 3 is 2.00 bits per heavy atom. The first-order valence-corrected chi connectivity index (χ1v) is 9.16. The Morgan fingerprint density at radius 2 is 1.44 bits per heavy atom. The number of para-hydroxylation sites is 1. The van der Waals surface area contributed by atoms with Gasteiger partial charge in [0.15, 0.2) is 11.3 Å². The van der Waals surface area contributed by atoms with E-state index in [1.807, 2.05) is 24.3 Å². The maximum atomic E-state index is 9.52. The van der Waals surface area contributed by atoms with Crippen molar-refractivity contribution in [2.75, 3.05) is 6.61 Å². The fourth-order valence-electron chi connectivity index (χ4n) is 2.75. The molecule has 0 spiro atoms. The standard InChI is InChI=1S/C12H14O3.C12H10/c1-2-6-14-8-10-7-9-4-3-5-11(13)12(9)15-10;1-3-7-11(8-4-1)12-9-5-2-6-10-12/h3-5,7,13H,2,6,8H2,1H3;1-10H. The van der Waals surface area contributed by atoms with Crippen molar-refractivity contribution in [1.82, 2.24) is 0 Å². The number of hydrogen-bond donors (Lipinski definition) is 1. The van der Waals surface area contributed by atoms with Crippen LogP contribution in [0.3, 0.4) is 0 Å². The molecule has 0 radical (unpaired) electrons. The maximum absolute atomic E-state index is 9.52. The van der Waals surface area contributed by atoms with Crippen molar-refractivity contribution in [3.63, 3.8) is 0 Å². The van der Waals surface area contributed by atoms with Gasteiger partial charge >= 0.3 is 0 Å². The summed E-state index contributed by atoms with van der Waals surface area (Å²) in [7, 11) is 0. The molecule has 0 aliphatic heterocycles. The number of phenolic OH excluding ortho intramolecular Hbond substituents is 1. The van der Waals surface area contributed by atoms with Gasteiger partial charge in [-0.05, 0) is 29.7 Å². The predicted molar refractivity (Wildman–Crippen MR) is 110 cm³/mol. The normalized spacial score (nSPS) is 10.4. The summed E-state index contributed by atoms with van der Waals surface area (Å²) in [6.45, 7) is 3.25. The number of rotatable bonds is 5. The van der Waals surface area contributed by atoms with E-state index in [0.717, 1.165) is 24.2 Å². The number of fused-ring (bicyclic) bond motifs is 1. The fraction of sp³-hybridized carbons (Fsp3) is 0.167. The summed E-state index contributed by atoms with van der Waals surface area (Å²) < 4.78 is 10.8. The Balaban J connectivity index is 0.000000159. The molecular formula is C24H24O3. The van der Waals surface area contributed by atoms with E-state index in [4.69, 9.17) is 9.15 Å². The van der Waals surface area contributed by atoms with Crippen molar-refractivity contribution >= 4 is 11.0 Å². The minimum absolute atomic E-state index is 0.175. The van der Waals surface area contributed by atoms with Crippen LogP contribution in [0, 0.1) is 0 Å². The Morgan fingerprint density at radius 1 is 0.815 bits per heavy atom. The maximum Gasteiger partial charge on any atom is 0.175 e. The molecule has 0 saturated heterocycles. The minimum atomic E-state index is 0.175. The Hall–Kier alpha value is -3.04. The fourth-order valence-corrected chi connectivity index (χ4v) is 2.75. The molecule has 3 heteroatoms. The van der Waals surface area contributed by atoms with E-state index in [-0.39, 0.29) is 5.75 Å². The van der Waals surface area contributed by atoms with Gasteiger partial charge in [-0.3, -0.25) is 0 Å². The van der Waals surface area contributed by atoms with Gasteiger partial charge in [0, 0.05) is 12.0 Å². The summed E-state index contributed by atoms with van der Waals surface area (Å²) in [6.07, 6.45) is 0.992. The molecule has 27 heavy (non-hydrogen) atoms. The molecule has 1 N–H and O–H groups in total. The second kappa shape index (κ2) is 9.60. The van der Waals surface area contributed by atoms with Crippen LogP contribution in [-0.2, 0) is 11.3 Å². The largest absolute Gasteiger partial charge is 0.504 e. The summed E-state index contributed by atoms with van der Waals surface area (Å²) in [5.74, 6) is 0.925. The first-order chi connectivity index (χ1) is 13.3. The van der Waals surface area contributed by atoms with Crippen LogP contribution in [0.2, 0.25) is 0 Å². The minimum Gasteiger partial charge on any atom is -0.504 e. The van der Waals surface area contributed by atoms with Crippen molar-refractivity contribution in [3.05, 3.63) is 90.7 Å². The summed E-state index contributed by atoms with van der Waals surface area (Å²) in [5, 5.41) is 10.4.